The first-order valence-electron chi connectivity index (χ1n) is 4.74. The molecule has 0 aromatic heterocycles. The van der Waals surface area contributed by atoms with Crippen molar-refractivity contribution in [1.82, 2.24) is 0 Å². The second-order valence-corrected chi connectivity index (χ2v) is 4.53. The van der Waals surface area contributed by atoms with E-state index in [-0.39, 0.29) is 0 Å². The van der Waals surface area contributed by atoms with Gasteiger partial charge in [0.25, 0.3) is 0 Å². The predicted molar refractivity (Wildman–Crippen MR) is 60.7 cm³/mol. The van der Waals surface area contributed by atoms with Gasteiger partial charge in [0.2, 0.25) is 0 Å². The number of hydrogen-bond donors (Lipinski definition) is 0. The lowest BCUT2D eigenvalue weighted by molar-refractivity contribution is 0.771. The van der Waals surface area contributed by atoms with Crippen LogP contribution in [0, 0.1) is 0 Å². The number of hydrogen-bond acceptors (Lipinski definition) is 0. The molecule has 1 aromatic carbocycles. The molecule has 1 aliphatic carbocycles. The largest absolute Gasteiger partial charge is 0.0952 e. The molecular weight excluding hydrogens is 224 g/mol. The summed E-state index contributed by atoms with van der Waals surface area (Å²) in [6, 6.07) is 6.52. The molecule has 0 spiro atoms. The van der Waals surface area contributed by atoms with Gasteiger partial charge in [0, 0.05) is 4.47 Å². The number of fused-ring (bicyclic) bond motifs is 1. The van der Waals surface area contributed by atoms with E-state index < -0.39 is 0 Å². The molecule has 0 radical (unpaired) electrons. The van der Waals surface area contributed by atoms with Crippen molar-refractivity contribution in [3.63, 3.8) is 0 Å². The lowest BCUT2D eigenvalue weighted by Crippen LogP contribution is -1.88. The monoisotopic (exact) mass is 236 g/mol. The van der Waals surface area contributed by atoms with Gasteiger partial charge in [-0.1, -0.05) is 28.6 Å². The summed E-state index contributed by atoms with van der Waals surface area (Å²) in [7, 11) is 0. The summed E-state index contributed by atoms with van der Waals surface area (Å²) in [6.45, 7) is 4.13. The first kappa shape index (κ1) is 9.01. The second kappa shape index (κ2) is 3.67. The Bertz CT molecular complexity index is 339. The summed E-state index contributed by atoms with van der Waals surface area (Å²) in [5.41, 5.74) is 4.14. The van der Waals surface area contributed by atoms with E-state index in [0.29, 0.717) is 0 Å². The molecule has 68 valence electrons. The molecule has 0 fully saturated rings. The Balaban J connectivity index is 2.48. The summed E-state index contributed by atoms with van der Waals surface area (Å²) in [5.74, 6) is 0. The molecule has 1 aliphatic rings. The molecular formula is C12H13Br. The Hall–Kier alpha value is -0.560. The Labute approximate surface area is 87.8 Å². The first-order chi connectivity index (χ1) is 6.27. The zero-order valence-corrected chi connectivity index (χ0v) is 9.23. The van der Waals surface area contributed by atoms with Gasteiger partial charge in [0.1, 0.15) is 0 Å². The van der Waals surface area contributed by atoms with Crippen LogP contribution < -0.4 is 0 Å². The number of halogens is 1. The van der Waals surface area contributed by atoms with Gasteiger partial charge in [-0.05, 0) is 54.5 Å². The third kappa shape index (κ3) is 1.86. The summed E-state index contributed by atoms with van der Waals surface area (Å²) in [4.78, 5) is 0. The van der Waals surface area contributed by atoms with Crippen LogP contribution in [0.25, 0.3) is 5.57 Å². The van der Waals surface area contributed by atoms with E-state index in [0.717, 1.165) is 6.42 Å². The molecule has 0 heterocycles. The molecule has 0 N–H and O–H groups in total. The maximum absolute atomic E-state index is 4.13. The van der Waals surface area contributed by atoms with Crippen molar-refractivity contribution in [2.75, 3.05) is 0 Å². The molecule has 0 nitrogen and oxygen atoms in total. The Morgan fingerprint density at radius 1 is 1.15 bits per heavy atom. The molecule has 0 saturated carbocycles. The third-order valence-electron chi connectivity index (χ3n) is 2.62. The highest BCUT2D eigenvalue weighted by atomic mass is 79.9. The van der Waals surface area contributed by atoms with Crippen LogP contribution in [-0.2, 0) is 6.42 Å². The summed E-state index contributed by atoms with van der Waals surface area (Å²) < 4.78 is 1.18. The molecule has 0 aliphatic heterocycles. The molecule has 0 atom stereocenters. The summed E-state index contributed by atoms with van der Waals surface area (Å²) in [6.07, 6.45) is 4.94. The van der Waals surface area contributed by atoms with Crippen molar-refractivity contribution in [2.24, 2.45) is 0 Å². The summed E-state index contributed by atoms with van der Waals surface area (Å²) in [5, 5.41) is 0. The van der Waals surface area contributed by atoms with E-state index in [1.165, 1.54) is 40.4 Å². The van der Waals surface area contributed by atoms with Crippen LogP contribution in [0.15, 0.2) is 29.3 Å². The second-order valence-electron chi connectivity index (χ2n) is 3.61. The Morgan fingerprint density at radius 2 is 1.92 bits per heavy atom. The molecule has 0 saturated heterocycles. The van der Waals surface area contributed by atoms with Crippen molar-refractivity contribution in [1.29, 1.82) is 0 Å². The Morgan fingerprint density at radius 3 is 2.77 bits per heavy atom. The van der Waals surface area contributed by atoms with Gasteiger partial charge in [-0.25, -0.2) is 0 Å². The zero-order valence-electron chi connectivity index (χ0n) is 7.65. The number of rotatable bonds is 0. The minimum Gasteiger partial charge on any atom is -0.0952 e. The highest BCUT2D eigenvalue weighted by Gasteiger charge is 2.10. The van der Waals surface area contributed by atoms with E-state index in [9.17, 15) is 0 Å². The number of benzene rings is 1. The van der Waals surface area contributed by atoms with Crippen LogP contribution in [0.4, 0.5) is 0 Å². The van der Waals surface area contributed by atoms with Crippen molar-refractivity contribution in [2.45, 2.75) is 25.7 Å². The lowest BCUT2D eigenvalue weighted by Gasteiger charge is -2.07. The molecule has 13 heavy (non-hydrogen) atoms. The van der Waals surface area contributed by atoms with Crippen molar-refractivity contribution in [3.8, 4) is 0 Å². The van der Waals surface area contributed by atoms with Gasteiger partial charge in [0.05, 0.1) is 0 Å². The zero-order chi connectivity index (χ0) is 9.26. The van der Waals surface area contributed by atoms with E-state index in [4.69, 9.17) is 0 Å². The van der Waals surface area contributed by atoms with Crippen LogP contribution in [0.5, 0.6) is 0 Å². The van der Waals surface area contributed by atoms with Crippen LogP contribution in [0.1, 0.15) is 30.4 Å². The standard InChI is InChI=1S/C12H13Br/c1-9-4-2-3-5-10-8-11(13)6-7-12(9)10/h6-8H,1-5H2. The van der Waals surface area contributed by atoms with Crippen molar-refractivity contribution < 1.29 is 0 Å². The lowest BCUT2D eigenvalue weighted by atomic mass is 10.0. The highest BCUT2D eigenvalue weighted by molar-refractivity contribution is 9.10. The fourth-order valence-electron chi connectivity index (χ4n) is 1.90. The van der Waals surface area contributed by atoms with Gasteiger partial charge in [-0.3, -0.25) is 0 Å². The highest BCUT2D eigenvalue weighted by Crippen LogP contribution is 2.29. The van der Waals surface area contributed by atoms with Gasteiger partial charge < -0.3 is 0 Å². The number of aryl methyl sites for hydroxylation is 1. The molecule has 0 unspecified atom stereocenters. The van der Waals surface area contributed by atoms with Crippen LogP contribution in [0.2, 0.25) is 0 Å². The Kier molecular flexibility index (Phi) is 2.54. The smallest absolute Gasteiger partial charge is 0.0178 e. The van der Waals surface area contributed by atoms with E-state index in [1.54, 1.807) is 0 Å². The predicted octanol–water partition coefficient (Wildman–Crippen LogP) is 4.19. The first-order valence-corrected chi connectivity index (χ1v) is 5.53. The molecule has 1 heteroatoms. The fraction of sp³-hybridized carbons (Fsp3) is 0.333. The molecule has 0 amide bonds. The van der Waals surface area contributed by atoms with Crippen molar-refractivity contribution in [3.05, 3.63) is 40.4 Å². The summed E-state index contributed by atoms with van der Waals surface area (Å²) >= 11 is 3.51. The average Bonchev–Trinajstić information content (AvgIpc) is 2.28. The average molecular weight is 237 g/mol. The van der Waals surface area contributed by atoms with Crippen LogP contribution in [-0.4, -0.2) is 0 Å². The van der Waals surface area contributed by atoms with E-state index in [2.05, 4.69) is 40.7 Å². The quantitative estimate of drug-likeness (QED) is 0.593. The van der Waals surface area contributed by atoms with Crippen molar-refractivity contribution >= 4 is 21.5 Å². The third-order valence-corrected chi connectivity index (χ3v) is 3.12. The molecule has 1 aromatic rings. The minimum atomic E-state index is 1.16. The van der Waals surface area contributed by atoms with Crippen LogP contribution in [0.3, 0.4) is 0 Å². The fourth-order valence-corrected chi connectivity index (χ4v) is 2.31. The van der Waals surface area contributed by atoms with Crippen LogP contribution >= 0.6 is 15.9 Å². The van der Waals surface area contributed by atoms with Gasteiger partial charge >= 0.3 is 0 Å². The maximum atomic E-state index is 4.13. The van der Waals surface area contributed by atoms with E-state index >= 15 is 0 Å². The SMILES string of the molecule is C=C1CCCCc2cc(Br)ccc21. The van der Waals surface area contributed by atoms with Gasteiger partial charge in [-0.2, -0.15) is 0 Å². The molecule has 0 bridgehead atoms. The minimum absolute atomic E-state index is 1.16. The normalized spacial score (nSPS) is 16.5. The van der Waals surface area contributed by atoms with Gasteiger partial charge in [0.15, 0.2) is 0 Å². The topological polar surface area (TPSA) is 0 Å². The van der Waals surface area contributed by atoms with Gasteiger partial charge in [-0.15, -0.1) is 0 Å². The maximum Gasteiger partial charge on any atom is 0.0178 e. The van der Waals surface area contributed by atoms with E-state index in [1.807, 2.05) is 0 Å². The number of allylic oxidation sites excluding steroid dienone is 1. The molecule has 2 rings (SSSR count).